The number of nitrogens with one attached hydrogen (secondary N) is 2. The van der Waals surface area contributed by atoms with Crippen molar-refractivity contribution in [1.82, 2.24) is 15.5 Å². The summed E-state index contributed by atoms with van der Waals surface area (Å²) in [7, 11) is 4.08. The molecule has 0 radical (unpaired) electrons. The van der Waals surface area contributed by atoms with E-state index in [1.54, 1.807) is 0 Å². The summed E-state index contributed by atoms with van der Waals surface area (Å²) < 4.78 is 5.80. The fourth-order valence-corrected chi connectivity index (χ4v) is 13.6. The van der Waals surface area contributed by atoms with Gasteiger partial charge in [0.2, 0.25) is 5.91 Å². The number of amides is 2. The molecule has 3 N–H and O–H groups in total. The lowest BCUT2D eigenvalue weighted by Crippen LogP contribution is -2.67. The number of carbonyl (C=O) groups excluding carboxylic acids is 2. The molecule has 10 atom stereocenters. The lowest BCUT2D eigenvalue weighted by molar-refractivity contribution is -0.225. The maximum absolute atomic E-state index is 14.4. The van der Waals surface area contributed by atoms with E-state index < -0.39 is 17.0 Å². The Morgan fingerprint density at radius 3 is 2.25 bits per heavy atom. The van der Waals surface area contributed by atoms with Gasteiger partial charge >= 0.3 is 12.1 Å². The molecule has 0 bridgehead atoms. The lowest BCUT2D eigenvalue weighted by Gasteiger charge is -2.72. The van der Waals surface area contributed by atoms with Gasteiger partial charge in [-0.15, -0.1) is 0 Å². The second kappa shape index (κ2) is 13.2. The molecule has 6 rings (SSSR count). The van der Waals surface area contributed by atoms with E-state index in [2.05, 4.69) is 62.3 Å². The maximum atomic E-state index is 14.4. The number of carboxylic acids is 1. The molecule has 2 amide bonds. The van der Waals surface area contributed by atoms with E-state index in [4.69, 9.17) is 4.74 Å². The standard InChI is InChI=1S/C43H69N3O5/c1-38(2,3)51-37(50)45-31-18-22-43(36(49)44-25-26-46(9)10)24-23-41(7)30(34(31)43)15-16-33-40(6)20-17-29(27-11-13-28(14-12-27)35(47)48)39(4,5)32(40)19-21-42(33,41)8/h11,17,28,30-34H,12-16,18-26H2,1-10H3,(H,44,49)(H,45,50)(H,47,48)/t28?,30-,31-,32+,33-,34+,40+,41-,42-,43+/m1/s1. The lowest BCUT2D eigenvalue weighted by atomic mass is 9.32. The molecule has 4 saturated carbocycles. The number of allylic oxidation sites excluding steroid dienone is 4. The molecule has 4 fully saturated rings. The Bertz CT molecular complexity index is 1460. The first kappa shape index (κ1) is 38.4. The van der Waals surface area contributed by atoms with Crippen LogP contribution >= 0.6 is 0 Å². The third kappa shape index (κ3) is 6.29. The molecule has 1 unspecified atom stereocenters. The maximum Gasteiger partial charge on any atom is 0.407 e. The van der Waals surface area contributed by atoms with Crippen LogP contribution in [0.2, 0.25) is 0 Å². The minimum Gasteiger partial charge on any atom is -0.481 e. The number of ether oxygens (including phenoxy) is 1. The Morgan fingerprint density at radius 2 is 1.63 bits per heavy atom. The summed E-state index contributed by atoms with van der Waals surface area (Å²) in [6, 6.07) is -0.0836. The van der Waals surface area contributed by atoms with Crippen LogP contribution in [0.25, 0.3) is 0 Å². The largest absolute Gasteiger partial charge is 0.481 e. The molecule has 8 heteroatoms. The number of likely N-dealkylation sites (N-methyl/N-ethyl adjacent to an activating group) is 1. The van der Waals surface area contributed by atoms with Crippen molar-refractivity contribution in [1.29, 1.82) is 0 Å². The molecule has 0 aromatic heterocycles. The van der Waals surface area contributed by atoms with Crippen molar-refractivity contribution in [2.45, 2.75) is 144 Å². The van der Waals surface area contributed by atoms with Crippen LogP contribution in [-0.4, -0.2) is 66.8 Å². The van der Waals surface area contributed by atoms with Gasteiger partial charge in [0.25, 0.3) is 0 Å². The molecule has 286 valence electrons. The number of carbonyl (C=O) groups is 3. The number of fused-ring (bicyclic) bond motifs is 7. The summed E-state index contributed by atoms with van der Waals surface area (Å²) >= 11 is 0. The second-order valence-corrected chi connectivity index (χ2v) is 20.3. The molecular formula is C43H69N3O5. The Labute approximate surface area is 308 Å². The van der Waals surface area contributed by atoms with E-state index in [-0.39, 0.29) is 51.5 Å². The highest BCUT2D eigenvalue weighted by Crippen LogP contribution is 2.77. The summed E-state index contributed by atoms with van der Waals surface area (Å²) in [6.07, 6.45) is 15.9. The predicted molar refractivity (Wildman–Crippen MR) is 202 cm³/mol. The van der Waals surface area contributed by atoms with E-state index in [0.29, 0.717) is 30.7 Å². The number of nitrogens with zero attached hydrogens (tertiary/aromatic N) is 1. The Morgan fingerprint density at radius 1 is 0.902 bits per heavy atom. The van der Waals surface area contributed by atoms with Crippen LogP contribution in [0.15, 0.2) is 23.3 Å². The van der Waals surface area contributed by atoms with Crippen LogP contribution in [0.4, 0.5) is 4.79 Å². The summed E-state index contributed by atoms with van der Waals surface area (Å²) in [5.41, 5.74) is 2.16. The third-order valence-electron chi connectivity index (χ3n) is 16.1. The molecule has 0 saturated heterocycles. The van der Waals surface area contributed by atoms with Crippen molar-refractivity contribution in [2.75, 3.05) is 27.2 Å². The van der Waals surface area contributed by atoms with E-state index in [9.17, 15) is 19.5 Å². The van der Waals surface area contributed by atoms with Crippen LogP contribution in [-0.2, 0) is 14.3 Å². The normalized spacial score (nSPS) is 41.5. The average molecular weight is 708 g/mol. The van der Waals surface area contributed by atoms with E-state index >= 15 is 0 Å². The van der Waals surface area contributed by atoms with Crippen molar-refractivity contribution in [3.05, 3.63) is 23.3 Å². The molecule has 51 heavy (non-hydrogen) atoms. The van der Waals surface area contributed by atoms with Crippen molar-refractivity contribution in [3.8, 4) is 0 Å². The highest BCUT2D eigenvalue weighted by atomic mass is 16.6. The summed E-state index contributed by atoms with van der Waals surface area (Å²) in [5, 5.41) is 16.3. The van der Waals surface area contributed by atoms with Gasteiger partial charge in [-0.25, -0.2) is 4.79 Å². The molecule has 6 aliphatic rings. The summed E-state index contributed by atoms with van der Waals surface area (Å²) in [6.45, 7) is 19.9. The fourth-order valence-electron chi connectivity index (χ4n) is 13.6. The van der Waals surface area contributed by atoms with Crippen LogP contribution in [0.5, 0.6) is 0 Å². The Balaban J connectivity index is 1.31. The SMILES string of the molecule is CN(C)CCNC(=O)[C@]12CC[C@@H](NC(=O)OC(C)(C)C)[C@@H]1[C@H]1CC[C@@H]3[C@@]4(C)CC=C(C5=CCC(C(=O)O)CC5)C(C)(C)[C@@H]4CC[C@@]3(C)[C@]1(C)CC2. The molecule has 6 aliphatic carbocycles. The van der Waals surface area contributed by atoms with Crippen LogP contribution in [0.3, 0.4) is 0 Å². The molecule has 0 aromatic carbocycles. The van der Waals surface area contributed by atoms with Gasteiger partial charge in [-0.05, 0) is 168 Å². The molecule has 8 nitrogen and oxygen atoms in total. The zero-order valence-corrected chi connectivity index (χ0v) is 33.5. The molecule has 0 aliphatic heterocycles. The number of hydrogen-bond acceptors (Lipinski definition) is 5. The Kier molecular flexibility index (Phi) is 9.93. The van der Waals surface area contributed by atoms with Crippen molar-refractivity contribution >= 4 is 18.0 Å². The predicted octanol–water partition coefficient (Wildman–Crippen LogP) is 8.37. The number of alkyl carbamates (subject to hydrolysis) is 1. The highest BCUT2D eigenvalue weighted by Gasteiger charge is 2.71. The minimum atomic E-state index is -0.667. The van der Waals surface area contributed by atoms with Gasteiger partial charge in [-0.2, -0.15) is 0 Å². The Hall–Kier alpha value is -2.35. The summed E-state index contributed by atoms with van der Waals surface area (Å²) in [4.78, 5) is 41.5. The van der Waals surface area contributed by atoms with Gasteiger partial charge in [0.1, 0.15) is 5.60 Å². The fraction of sp³-hybridized carbons (Fsp3) is 0.837. The van der Waals surface area contributed by atoms with Gasteiger partial charge in [-0.1, -0.05) is 46.8 Å². The number of carboxylic acid groups (broad SMARTS) is 1. The molecular weight excluding hydrogens is 638 g/mol. The third-order valence-corrected chi connectivity index (χ3v) is 16.1. The summed E-state index contributed by atoms with van der Waals surface area (Å²) in [5.74, 6) is 0.805. The van der Waals surface area contributed by atoms with Crippen molar-refractivity contribution < 1.29 is 24.2 Å². The van der Waals surface area contributed by atoms with E-state index in [1.807, 2.05) is 34.9 Å². The van der Waals surface area contributed by atoms with E-state index in [0.717, 1.165) is 64.3 Å². The van der Waals surface area contributed by atoms with E-state index in [1.165, 1.54) is 24.0 Å². The van der Waals surface area contributed by atoms with Crippen LogP contribution in [0, 0.1) is 56.7 Å². The zero-order chi connectivity index (χ0) is 37.4. The molecule has 0 heterocycles. The zero-order valence-electron chi connectivity index (χ0n) is 33.5. The molecule has 0 aromatic rings. The number of aliphatic carboxylic acids is 1. The van der Waals surface area contributed by atoms with Crippen LogP contribution in [0.1, 0.15) is 132 Å². The first-order chi connectivity index (χ1) is 23.7. The quantitative estimate of drug-likeness (QED) is 0.246. The average Bonchev–Trinajstić information content (AvgIpc) is 3.39. The monoisotopic (exact) mass is 708 g/mol. The highest BCUT2D eigenvalue weighted by molar-refractivity contribution is 5.84. The van der Waals surface area contributed by atoms with Crippen molar-refractivity contribution in [3.63, 3.8) is 0 Å². The topological polar surface area (TPSA) is 108 Å². The number of rotatable bonds is 7. The minimum absolute atomic E-state index is 0.0220. The second-order valence-electron chi connectivity index (χ2n) is 20.3. The van der Waals surface area contributed by atoms with Gasteiger partial charge in [0, 0.05) is 19.1 Å². The van der Waals surface area contributed by atoms with Gasteiger partial charge < -0.3 is 25.4 Å². The smallest absolute Gasteiger partial charge is 0.407 e. The van der Waals surface area contributed by atoms with Crippen LogP contribution < -0.4 is 10.6 Å². The number of hydrogen-bond donors (Lipinski definition) is 3. The van der Waals surface area contributed by atoms with Gasteiger partial charge in [-0.3, -0.25) is 9.59 Å². The first-order valence-corrected chi connectivity index (χ1v) is 20.2. The molecule has 0 spiro atoms. The van der Waals surface area contributed by atoms with Crippen molar-refractivity contribution in [2.24, 2.45) is 56.7 Å². The first-order valence-electron chi connectivity index (χ1n) is 20.2. The van der Waals surface area contributed by atoms with Gasteiger partial charge in [0.05, 0.1) is 11.3 Å². The van der Waals surface area contributed by atoms with Gasteiger partial charge in [0.15, 0.2) is 0 Å².